The highest BCUT2D eigenvalue weighted by molar-refractivity contribution is 5.45. The summed E-state index contributed by atoms with van der Waals surface area (Å²) >= 11 is 0. The molecular formula is C33H64N8. The van der Waals surface area contributed by atoms with Gasteiger partial charge in [-0.15, -0.1) is 0 Å². The highest BCUT2D eigenvalue weighted by Crippen LogP contribution is 2.38. The van der Waals surface area contributed by atoms with Crippen LogP contribution in [0, 0.1) is 11.8 Å². The van der Waals surface area contributed by atoms with Gasteiger partial charge in [-0.1, -0.05) is 26.7 Å². The van der Waals surface area contributed by atoms with E-state index in [9.17, 15) is 0 Å². The van der Waals surface area contributed by atoms with Crippen LogP contribution in [0.4, 0.5) is 17.8 Å². The highest BCUT2D eigenvalue weighted by Gasteiger charge is 2.42. The van der Waals surface area contributed by atoms with Gasteiger partial charge in [-0.2, -0.15) is 15.0 Å². The lowest BCUT2D eigenvalue weighted by atomic mass is 9.72. The van der Waals surface area contributed by atoms with Gasteiger partial charge in [0.2, 0.25) is 17.8 Å². The van der Waals surface area contributed by atoms with Crippen molar-refractivity contribution >= 4 is 17.8 Å². The lowest BCUT2D eigenvalue weighted by molar-refractivity contribution is 0.115. The molecular weight excluding hydrogens is 508 g/mol. The number of anilines is 3. The first kappa shape index (κ1) is 33.8. The quantitative estimate of drug-likeness (QED) is 0.201. The molecule has 2 saturated heterocycles. The van der Waals surface area contributed by atoms with E-state index < -0.39 is 0 Å². The predicted molar refractivity (Wildman–Crippen MR) is 176 cm³/mol. The van der Waals surface area contributed by atoms with E-state index in [1.807, 2.05) is 0 Å². The molecule has 4 N–H and O–H groups in total. The Hall–Kier alpha value is -1.67. The minimum absolute atomic E-state index is 0.0993. The van der Waals surface area contributed by atoms with Crippen molar-refractivity contribution in [1.82, 2.24) is 25.6 Å². The third kappa shape index (κ3) is 9.67. The molecule has 2 unspecified atom stereocenters. The van der Waals surface area contributed by atoms with Gasteiger partial charge in [-0.05, 0) is 120 Å². The van der Waals surface area contributed by atoms with E-state index >= 15 is 0 Å². The van der Waals surface area contributed by atoms with E-state index in [1.165, 1.54) is 0 Å². The predicted octanol–water partition coefficient (Wildman–Crippen LogP) is 6.99. The molecule has 2 fully saturated rings. The van der Waals surface area contributed by atoms with Gasteiger partial charge >= 0.3 is 0 Å². The summed E-state index contributed by atoms with van der Waals surface area (Å²) in [5, 5.41) is 15.4. The fourth-order valence-corrected chi connectivity index (χ4v) is 8.32. The van der Waals surface area contributed by atoms with Crippen molar-refractivity contribution in [1.29, 1.82) is 0 Å². The monoisotopic (exact) mass is 573 g/mol. The Morgan fingerprint density at radius 2 is 0.976 bits per heavy atom. The summed E-state index contributed by atoms with van der Waals surface area (Å²) in [7, 11) is 0. The molecule has 0 radical (unpaired) electrons. The second-order valence-corrected chi connectivity index (χ2v) is 15.7. The van der Waals surface area contributed by atoms with Gasteiger partial charge in [-0.25, -0.2) is 0 Å². The molecule has 0 bridgehead atoms. The maximum absolute atomic E-state index is 5.06. The second-order valence-electron chi connectivity index (χ2n) is 15.7. The van der Waals surface area contributed by atoms with Gasteiger partial charge in [0, 0.05) is 47.3 Å². The van der Waals surface area contributed by atoms with Crippen LogP contribution in [0.3, 0.4) is 0 Å². The molecule has 236 valence electrons. The van der Waals surface area contributed by atoms with Crippen LogP contribution >= 0.6 is 0 Å². The van der Waals surface area contributed by atoms with E-state index in [0.717, 1.165) is 70.4 Å². The van der Waals surface area contributed by atoms with Crippen molar-refractivity contribution in [2.45, 2.75) is 169 Å². The van der Waals surface area contributed by atoms with Gasteiger partial charge in [-0.3, -0.25) is 0 Å². The molecule has 2 aliphatic heterocycles. The summed E-state index contributed by atoms with van der Waals surface area (Å²) < 4.78 is 0. The molecule has 8 nitrogen and oxygen atoms in total. The first-order valence-electron chi connectivity index (χ1n) is 16.6. The molecule has 0 amide bonds. The van der Waals surface area contributed by atoms with Crippen LogP contribution < -0.4 is 26.2 Å². The van der Waals surface area contributed by atoms with E-state index in [2.05, 4.69) is 109 Å². The van der Waals surface area contributed by atoms with Crippen molar-refractivity contribution in [2.24, 2.45) is 11.8 Å². The number of nitrogens with zero attached hydrogens (tertiary/aromatic N) is 4. The van der Waals surface area contributed by atoms with Crippen LogP contribution in [-0.4, -0.2) is 62.3 Å². The molecule has 0 aromatic carbocycles. The van der Waals surface area contributed by atoms with Gasteiger partial charge < -0.3 is 26.2 Å². The maximum atomic E-state index is 5.06. The molecule has 2 aliphatic rings. The Balaban J connectivity index is 1.94. The Bertz CT molecular complexity index is 868. The molecule has 1 aromatic heterocycles. The van der Waals surface area contributed by atoms with E-state index in [4.69, 9.17) is 15.0 Å². The van der Waals surface area contributed by atoms with Gasteiger partial charge in [0.15, 0.2) is 0 Å². The number of aromatic nitrogens is 3. The lowest BCUT2D eigenvalue weighted by Crippen LogP contribution is -2.60. The fourth-order valence-electron chi connectivity index (χ4n) is 8.32. The summed E-state index contributed by atoms with van der Waals surface area (Å²) in [4.78, 5) is 17.3. The maximum Gasteiger partial charge on any atom is 0.231 e. The van der Waals surface area contributed by atoms with Crippen LogP contribution in [0.1, 0.15) is 134 Å². The van der Waals surface area contributed by atoms with E-state index in [-0.39, 0.29) is 22.2 Å². The van der Waals surface area contributed by atoms with Crippen molar-refractivity contribution in [3.8, 4) is 0 Å². The number of rotatable bonds is 13. The van der Waals surface area contributed by atoms with E-state index in [0.29, 0.717) is 35.8 Å². The van der Waals surface area contributed by atoms with Crippen LogP contribution in [-0.2, 0) is 0 Å². The first-order valence-corrected chi connectivity index (χ1v) is 16.6. The van der Waals surface area contributed by atoms with Crippen molar-refractivity contribution in [3.63, 3.8) is 0 Å². The Morgan fingerprint density at radius 3 is 1.27 bits per heavy atom. The topological polar surface area (TPSA) is 90.0 Å². The summed E-state index contributed by atoms with van der Waals surface area (Å²) in [6.45, 7) is 29.3. The van der Waals surface area contributed by atoms with Crippen LogP contribution in [0.5, 0.6) is 0 Å². The van der Waals surface area contributed by atoms with E-state index in [1.54, 1.807) is 0 Å². The number of piperidine rings is 2. The number of hydrogen-bond acceptors (Lipinski definition) is 8. The molecule has 3 rings (SSSR count). The Labute approximate surface area is 252 Å². The van der Waals surface area contributed by atoms with Crippen molar-refractivity contribution < 1.29 is 0 Å². The molecule has 2 atom stereocenters. The summed E-state index contributed by atoms with van der Waals surface area (Å²) in [6, 6.07) is 0.635. The zero-order chi connectivity index (χ0) is 30.6. The first-order chi connectivity index (χ1) is 19.0. The third-order valence-corrected chi connectivity index (χ3v) is 9.08. The van der Waals surface area contributed by atoms with Crippen molar-refractivity contribution in [3.05, 3.63) is 0 Å². The van der Waals surface area contributed by atoms with Gasteiger partial charge in [0.05, 0.1) is 0 Å². The summed E-state index contributed by atoms with van der Waals surface area (Å²) in [6.07, 6.45) is 8.98. The fraction of sp³-hybridized carbons (Fsp3) is 0.909. The van der Waals surface area contributed by atoms with Gasteiger partial charge in [0.25, 0.3) is 0 Å². The minimum atomic E-state index is 0.0993. The summed E-state index contributed by atoms with van der Waals surface area (Å²) in [5.41, 5.74) is 0.397. The number of nitrogens with one attached hydrogen (secondary N) is 4. The second kappa shape index (κ2) is 13.3. The minimum Gasteiger partial charge on any atom is -0.351 e. The third-order valence-electron chi connectivity index (χ3n) is 9.08. The number of hydrogen-bond donors (Lipinski definition) is 4. The molecule has 0 aliphatic carbocycles. The molecule has 8 heteroatoms. The van der Waals surface area contributed by atoms with Crippen molar-refractivity contribution in [2.75, 3.05) is 28.6 Å². The Morgan fingerprint density at radius 1 is 0.634 bits per heavy atom. The van der Waals surface area contributed by atoms with Crippen LogP contribution in [0.25, 0.3) is 0 Å². The zero-order valence-corrected chi connectivity index (χ0v) is 28.7. The molecule has 0 spiro atoms. The highest BCUT2D eigenvalue weighted by atomic mass is 15.3. The van der Waals surface area contributed by atoms with Crippen LogP contribution in [0.15, 0.2) is 0 Å². The standard InChI is InChI=1S/C33H64N8/c1-13-17-25(23-19-30(5,6)39-31(7,8)20-23)34-27-36-28(38-29(37-27)41(15-3)16-4)35-26(18-14-2)24-21-32(9,10)40-33(11,12)22-24/h23-26,39-40H,13-22H2,1-12H3,(H2,34,35,36,37,38). The summed E-state index contributed by atoms with van der Waals surface area (Å²) in [5.74, 6) is 3.26. The normalized spacial score (nSPS) is 23.5. The average molecular weight is 573 g/mol. The molecule has 1 aromatic rings. The largest absolute Gasteiger partial charge is 0.351 e. The van der Waals surface area contributed by atoms with Gasteiger partial charge in [0.1, 0.15) is 0 Å². The Kier molecular flexibility index (Phi) is 11.0. The SMILES string of the molecule is CCCC(Nc1nc(NC(CCC)C2CC(C)(C)NC(C)(C)C2)nc(N(CC)CC)n1)C1CC(C)(C)NC(C)(C)C1. The molecule has 0 saturated carbocycles. The van der Waals surface area contributed by atoms with Crippen LogP contribution in [0.2, 0.25) is 0 Å². The molecule has 3 heterocycles. The molecule has 41 heavy (non-hydrogen) atoms. The average Bonchev–Trinajstić information content (AvgIpc) is 2.80. The lowest BCUT2D eigenvalue weighted by Gasteiger charge is -2.49. The zero-order valence-electron chi connectivity index (χ0n) is 28.7. The smallest absolute Gasteiger partial charge is 0.231 e.